The number of benzene rings is 1. The molecule has 1 aromatic carbocycles. The van der Waals surface area contributed by atoms with Crippen LogP contribution in [0.25, 0.3) is 6.08 Å². The number of halogens is 3. The van der Waals surface area contributed by atoms with Gasteiger partial charge in [0.2, 0.25) is 0 Å². The van der Waals surface area contributed by atoms with E-state index in [4.69, 9.17) is 0 Å². The molecule has 0 aliphatic heterocycles. The molecule has 2 aromatic rings. The molecule has 3 nitrogen and oxygen atoms in total. The maximum absolute atomic E-state index is 12.9. The Morgan fingerprint density at radius 1 is 1.27 bits per heavy atom. The molecule has 0 bridgehead atoms. The van der Waals surface area contributed by atoms with E-state index in [0.29, 0.717) is 5.56 Å². The van der Waals surface area contributed by atoms with Gasteiger partial charge in [0.05, 0.1) is 17.3 Å². The molecule has 6 heteroatoms. The van der Waals surface area contributed by atoms with Gasteiger partial charge in [-0.1, -0.05) is 24.3 Å². The van der Waals surface area contributed by atoms with Crippen LogP contribution in [0.15, 0.2) is 42.7 Å². The van der Waals surface area contributed by atoms with E-state index in [1.165, 1.54) is 30.5 Å². The lowest BCUT2D eigenvalue weighted by Gasteiger charge is -2.09. The molecular formula is C16H15F3N2O. The molecule has 0 N–H and O–H groups in total. The van der Waals surface area contributed by atoms with Crippen LogP contribution in [0.4, 0.5) is 13.2 Å². The third-order valence-corrected chi connectivity index (χ3v) is 3.10. The van der Waals surface area contributed by atoms with Crippen LogP contribution >= 0.6 is 0 Å². The van der Waals surface area contributed by atoms with Crippen molar-refractivity contribution < 1.29 is 18.0 Å². The summed E-state index contributed by atoms with van der Waals surface area (Å²) >= 11 is 0. The fourth-order valence-corrected chi connectivity index (χ4v) is 1.91. The van der Waals surface area contributed by atoms with Crippen molar-refractivity contribution in [1.82, 2.24) is 9.78 Å². The Morgan fingerprint density at radius 2 is 1.95 bits per heavy atom. The van der Waals surface area contributed by atoms with E-state index in [2.05, 4.69) is 5.10 Å². The number of nitrogens with zero attached hydrogens (tertiary/aromatic N) is 2. The Hall–Kier alpha value is -2.37. The summed E-state index contributed by atoms with van der Waals surface area (Å²) in [6.45, 7) is 3.83. The number of allylic oxidation sites excluding steroid dienone is 1. The van der Waals surface area contributed by atoms with Gasteiger partial charge in [-0.15, -0.1) is 0 Å². The Bertz CT molecular complexity index is 699. The topological polar surface area (TPSA) is 34.9 Å². The summed E-state index contributed by atoms with van der Waals surface area (Å²) in [5, 5.41) is 4.03. The Morgan fingerprint density at radius 3 is 2.55 bits per heavy atom. The van der Waals surface area contributed by atoms with Crippen LogP contribution in [-0.2, 0) is 6.18 Å². The molecule has 22 heavy (non-hydrogen) atoms. The first-order valence-corrected chi connectivity index (χ1v) is 6.72. The minimum atomic E-state index is -4.45. The zero-order chi connectivity index (χ0) is 16.3. The number of alkyl halides is 3. The SMILES string of the molecule is CC(C)n1cc(C(=O)C=Cc2ccccc2C(F)(F)F)cn1. The minimum absolute atomic E-state index is 0.0420. The van der Waals surface area contributed by atoms with Crippen LogP contribution in [-0.4, -0.2) is 15.6 Å². The highest BCUT2D eigenvalue weighted by Gasteiger charge is 2.32. The van der Waals surface area contributed by atoms with Crippen molar-refractivity contribution >= 4 is 11.9 Å². The molecule has 0 aliphatic carbocycles. The number of carbonyl (C=O) groups excluding carboxylic acids is 1. The average molecular weight is 308 g/mol. The van der Waals surface area contributed by atoms with Gasteiger partial charge in [-0.3, -0.25) is 9.48 Å². The fraction of sp³-hybridized carbons (Fsp3) is 0.250. The molecule has 0 fully saturated rings. The van der Waals surface area contributed by atoms with Crippen LogP contribution in [0.1, 0.15) is 41.4 Å². The van der Waals surface area contributed by atoms with Gasteiger partial charge in [-0.2, -0.15) is 18.3 Å². The van der Waals surface area contributed by atoms with E-state index in [0.717, 1.165) is 12.1 Å². The number of carbonyl (C=O) groups is 1. The fourth-order valence-electron chi connectivity index (χ4n) is 1.91. The summed E-state index contributed by atoms with van der Waals surface area (Å²) in [6.07, 6.45) is 0.839. The molecule has 2 rings (SSSR count). The van der Waals surface area contributed by atoms with Gasteiger partial charge in [0, 0.05) is 12.2 Å². The molecular weight excluding hydrogens is 293 g/mol. The van der Waals surface area contributed by atoms with Gasteiger partial charge in [-0.05, 0) is 31.6 Å². The first-order chi connectivity index (χ1) is 10.3. The van der Waals surface area contributed by atoms with Crippen molar-refractivity contribution in [2.75, 3.05) is 0 Å². The molecule has 0 atom stereocenters. The van der Waals surface area contributed by atoms with Crippen LogP contribution in [0.5, 0.6) is 0 Å². The zero-order valence-corrected chi connectivity index (χ0v) is 12.1. The standard InChI is InChI=1S/C16H15F3N2O/c1-11(2)21-10-13(9-20-21)15(22)8-7-12-5-3-4-6-14(12)16(17,18)19/h3-11H,1-2H3. The molecule has 0 amide bonds. The molecule has 0 aliphatic rings. The van der Waals surface area contributed by atoms with Crippen LogP contribution in [0, 0.1) is 0 Å². The number of hydrogen-bond donors (Lipinski definition) is 0. The van der Waals surface area contributed by atoms with Crippen molar-refractivity contribution in [3.63, 3.8) is 0 Å². The smallest absolute Gasteiger partial charge is 0.289 e. The Kier molecular flexibility index (Phi) is 4.49. The molecule has 1 aromatic heterocycles. The van der Waals surface area contributed by atoms with Crippen molar-refractivity contribution in [2.24, 2.45) is 0 Å². The minimum Gasteiger partial charge on any atom is -0.289 e. The van der Waals surface area contributed by atoms with Crippen LogP contribution < -0.4 is 0 Å². The molecule has 0 saturated carbocycles. The second-order valence-electron chi connectivity index (χ2n) is 5.09. The van der Waals surface area contributed by atoms with E-state index in [1.54, 1.807) is 10.9 Å². The third-order valence-electron chi connectivity index (χ3n) is 3.10. The lowest BCUT2D eigenvalue weighted by atomic mass is 10.1. The van der Waals surface area contributed by atoms with E-state index in [9.17, 15) is 18.0 Å². The monoisotopic (exact) mass is 308 g/mol. The molecule has 0 spiro atoms. The summed E-state index contributed by atoms with van der Waals surface area (Å²) in [5.74, 6) is -0.385. The Balaban J connectivity index is 2.23. The highest BCUT2D eigenvalue weighted by molar-refractivity contribution is 6.06. The van der Waals surface area contributed by atoms with E-state index >= 15 is 0 Å². The molecule has 0 unspecified atom stereocenters. The van der Waals surface area contributed by atoms with Crippen molar-refractivity contribution in [3.8, 4) is 0 Å². The predicted molar refractivity (Wildman–Crippen MR) is 77.4 cm³/mol. The zero-order valence-electron chi connectivity index (χ0n) is 12.1. The van der Waals surface area contributed by atoms with Crippen molar-refractivity contribution in [2.45, 2.75) is 26.1 Å². The van der Waals surface area contributed by atoms with Gasteiger partial charge in [0.15, 0.2) is 5.78 Å². The Labute approximate surface area is 126 Å². The number of ketones is 1. The van der Waals surface area contributed by atoms with Gasteiger partial charge < -0.3 is 0 Å². The maximum Gasteiger partial charge on any atom is 0.416 e. The summed E-state index contributed by atoms with van der Waals surface area (Å²) < 4.78 is 40.2. The molecule has 0 saturated heterocycles. The number of hydrogen-bond acceptors (Lipinski definition) is 2. The second kappa shape index (κ2) is 6.17. The average Bonchev–Trinajstić information content (AvgIpc) is 2.94. The summed E-state index contributed by atoms with van der Waals surface area (Å²) in [4.78, 5) is 12.0. The van der Waals surface area contributed by atoms with Crippen molar-refractivity contribution in [1.29, 1.82) is 0 Å². The lowest BCUT2D eigenvalue weighted by molar-refractivity contribution is -0.137. The molecule has 116 valence electrons. The lowest BCUT2D eigenvalue weighted by Crippen LogP contribution is -2.07. The van der Waals surface area contributed by atoms with E-state index in [-0.39, 0.29) is 17.4 Å². The van der Waals surface area contributed by atoms with Crippen molar-refractivity contribution in [3.05, 3.63) is 59.4 Å². The number of rotatable bonds is 4. The van der Waals surface area contributed by atoms with E-state index in [1.807, 2.05) is 13.8 Å². The third kappa shape index (κ3) is 3.63. The summed E-state index contributed by atoms with van der Waals surface area (Å²) in [7, 11) is 0. The van der Waals surface area contributed by atoms with Crippen LogP contribution in [0.3, 0.4) is 0 Å². The summed E-state index contributed by atoms with van der Waals surface area (Å²) in [6, 6.07) is 5.23. The highest BCUT2D eigenvalue weighted by Crippen LogP contribution is 2.32. The normalized spacial score (nSPS) is 12.3. The highest BCUT2D eigenvalue weighted by atomic mass is 19.4. The largest absolute Gasteiger partial charge is 0.416 e. The second-order valence-corrected chi connectivity index (χ2v) is 5.09. The number of aromatic nitrogens is 2. The van der Waals surface area contributed by atoms with Gasteiger partial charge in [0.25, 0.3) is 0 Å². The molecule has 1 heterocycles. The molecule has 0 radical (unpaired) electrons. The van der Waals surface area contributed by atoms with Gasteiger partial charge in [-0.25, -0.2) is 0 Å². The predicted octanol–water partition coefficient (Wildman–Crippen LogP) is 4.38. The van der Waals surface area contributed by atoms with Gasteiger partial charge >= 0.3 is 6.18 Å². The summed E-state index contributed by atoms with van der Waals surface area (Å²) in [5.41, 5.74) is -0.467. The first-order valence-electron chi connectivity index (χ1n) is 6.72. The van der Waals surface area contributed by atoms with Gasteiger partial charge in [0.1, 0.15) is 0 Å². The van der Waals surface area contributed by atoms with Crippen LogP contribution in [0.2, 0.25) is 0 Å². The quantitative estimate of drug-likeness (QED) is 0.620. The van der Waals surface area contributed by atoms with E-state index < -0.39 is 11.7 Å². The maximum atomic E-state index is 12.9. The first kappa shape index (κ1) is 16.0.